The van der Waals surface area contributed by atoms with Crippen LogP contribution in [0.25, 0.3) is 33.8 Å². The maximum Gasteiger partial charge on any atom is 0.236 e. The Bertz CT molecular complexity index is 1290. The van der Waals surface area contributed by atoms with Crippen LogP contribution in [0.1, 0.15) is 0 Å². The second-order valence-electron chi connectivity index (χ2n) is 7.24. The number of H-pyrrole nitrogens is 1. The van der Waals surface area contributed by atoms with E-state index in [1.54, 1.807) is 0 Å². The highest BCUT2D eigenvalue weighted by molar-refractivity contribution is 7.99. The van der Waals surface area contributed by atoms with Crippen LogP contribution in [0.3, 0.4) is 0 Å². The molecule has 0 unspecified atom stereocenters. The molecule has 0 bridgehead atoms. The van der Waals surface area contributed by atoms with Gasteiger partial charge in [0.1, 0.15) is 0 Å². The van der Waals surface area contributed by atoms with Crippen molar-refractivity contribution in [3.05, 3.63) is 96.4 Å². The summed E-state index contributed by atoms with van der Waals surface area (Å²) in [5, 5.41) is 6.13. The quantitative estimate of drug-likeness (QED) is 0.264. The minimum Gasteiger partial charge on any atom is -0.332 e. The van der Waals surface area contributed by atoms with Gasteiger partial charge < -0.3 is 10.3 Å². The van der Waals surface area contributed by atoms with Gasteiger partial charge in [0.25, 0.3) is 0 Å². The molecule has 2 N–H and O–H groups in total. The van der Waals surface area contributed by atoms with Gasteiger partial charge in [-0.1, -0.05) is 103 Å². The zero-order valence-corrected chi connectivity index (χ0v) is 19.2. The molecule has 0 saturated carbocycles. The molecule has 0 aliphatic rings. The fourth-order valence-corrected chi connectivity index (χ4v) is 4.81. The summed E-state index contributed by atoms with van der Waals surface area (Å²) in [5.41, 5.74) is 5.78. The van der Waals surface area contributed by atoms with Gasteiger partial charge in [-0.25, -0.2) is 9.97 Å². The predicted octanol–water partition coefficient (Wildman–Crippen LogP) is 6.60. The third-order valence-electron chi connectivity index (χ3n) is 4.95. The number of carbonyl (C=O) groups is 1. The molecule has 0 spiro atoms. The van der Waals surface area contributed by atoms with Crippen LogP contribution in [0.2, 0.25) is 0 Å². The van der Waals surface area contributed by atoms with Crippen LogP contribution in [0.15, 0.2) is 102 Å². The molecule has 3 aromatic carbocycles. The summed E-state index contributed by atoms with van der Waals surface area (Å²) in [7, 11) is 0. The second kappa shape index (κ2) is 9.85. The van der Waals surface area contributed by atoms with Gasteiger partial charge in [0.15, 0.2) is 10.3 Å². The Balaban J connectivity index is 1.29. The molecular weight excluding hydrogens is 448 g/mol. The van der Waals surface area contributed by atoms with Crippen LogP contribution >= 0.6 is 23.1 Å². The number of benzene rings is 3. The Hall–Kier alpha value is -3.68. The Labute approximate surface area is 200 Å². The van der Waals surface area contributed by atoms with Crippen molar-refractivity contribution in [2.45, 2.75) is 5.16 Å². The largest absolute Gasteiger partial charge is 0.332 e. The standard InChI is InChI=1S/C26H20N4OS2/c31-22(28-25-27-21(16-32-25)18-10-4-1-5-11-18)17-33-26-29-23(19-12-6-2-7-13-19)24(30-26)20-14-8-3-9-15-20/h1-16H,17H2,(H,29,30)(H,27,28,31). The van der Waals surface area contributed by atoms with Crippen molar-refractivity contribution < 1.29 is 4.79 Å². The number of hydrogen-bond donors (Lipinski definition) is 2. The van der Waals surface area contributed by atoms with Gasteiger partial charge in [0.2, 0.25) is 5.91 Å². The molecule has 2 aromatic heterocycles. The number of imidazole rings is 1. The monoisotopic (exact) mass is 468 g/mol. The van der Waals surface area contributed by atoms with Crippen LogP contribution in [0, 0.1) is 0 Å². The number of hydrogen-bond acceptors (Lipinski definition) is 5. The second-order valence-corrected chi connectivity index (χ2v) is 9.06. The molecule has 2 heterocycles. The Kier molecular flexibility index (Phi) is 6.32. The van der Waals surface area contributed by atoms with E-state index in [4.69, 9.17) is 4.98 Å². The lowest BCUT2D eigenvalue weighted by Gasteiger charge is -2.02. The minimum atomic E-state index is -0.118. The van der Waals surface area contributed by atoms with E-state index in [1.165, 1.54) is 23.1 Å². The van der Waals surface area contributed by atoms with Crippen molar-refractivity contribution >= 4 is 34.1 Å². The molecule has 0 atom stereocenters. The van der Waals surface area contributed by atoms with Gasteiger partial charge in [-0.3, -0.25) is 4.79 Å². The maximum atomic E-state index is 12.6. The highest BCUT2D eigenvalue weighted by atomic mass is 32.2. The molecule has 0 fully saturated rings. The van der Waals surface area contributed by atoms with E-state index < -0.39 is 0 Å². The summed E-state index contributed by atoms with van der Waals surface area (Å²) >= 11 is 2.79. The van der Waals surface area contributed by atoms with E-state index in [2.05, 4.69) is 15.3 Å². The number of thioether (sulfide) groups is 1. The lowest BCUT2D eigenvalue weighted by atomic mass is 10.1. The number of carbonyl (C=O) groups excluding carboxylic acids is 1. The van der Waals surface area contributed by atoms with Gasteiger partial charge in [-0.05, 0) is 0 Å². The summed E-state index contributed by atoms with van der Waals surface area (Å²) in [6.07, 6.45) is 0. The van der Waals surface area contributed by atoms with Crippen molar-refractivity contribution in [3.63, 3.8) is 0 Å². The number of nitrogens with zero attached hydrogens (tertiary/aromatic N) is 2. The summed E-state index contributed by atoms with van der Waals surface area (Å²) in [6.45, 7) is 0. The normalized spacial score (nSPS) is 10.8. The number of thiazole rings is 1. The topological polar surface area (TPSA) is 70.7 Å². The number of aromatic nitrogens is 3. The SMILES string of the molecule is O=C(CSc1nc(-c2ccccc2)c(-c2ccccc2)[nH]1)Nc1nc(-c2ccccc2)cs1. The fraction of sp³-hybridized carbons (Fsp3) is 0.0385. The van der Waals surface area contributed by atoms with Crippen molar-refractivity contribution in [1.82, 2.24) is 15.0 Å². The van der Waals surface area contributed by atoms with Crippen molar-refractivity contribution in [2.24, 2.45) is 0 Å². The van der Waals surface area contributed by atoms with E-state index in [9.17, 15) is 4.79 Å². The van der Waals surface area contributed by atoms with Crippen LogP contribution in [0.4, 0.5) is 5.13 Å². The lowest BCUT2D eigenvalue weighted by Crippen LogP contribution is -2.13. The number of rotatable bonds is 7. The minimum absolute atomic E-state index is 0.118. The molecule has 5 rings (SSSR count). The van der Waals surface area contributed by atoms with Gasteiger partial charge in [0.05, 0.1) is 22.8 Å². The summed E-state index contributed by atoms with van der Waals surface area (Å²) in [5.74, 6) is 0.115. The smallest absolute Gasteiger partial charge is 0.236 e. The predicted molar refractivity (Wildman–Crippen MR) is 136 cm³/mol. The summed E-state index contributed by atoms with van der Waals surface area (Å²) < 4.78 is 0. The van der Waals surface area contributed by atoms with Crippen molar-refractivity contribution in [1.29, 1.82) is 0 Å². The Morgan fingerprint density at radius 3 is 2.09 bits per heavy atom. The molecule has 5 aromatic rings. The first-order chi connectivity index (χ1) is 16.3. The maximum absolute atomic E-state index is 12.6. The van der Waals surface area contributed by atoms with Crippen molar-refractivity contribution in [3.8, 4) is 33.8 Å². The Morgan fingerprint density at radius 2 is 1.42 bits per heavy atom. The molecule has 0 saturated heterocycles. The highest BCUT2D eigenvalue weighted by Crippen LogP contribution is 2.32. The zero-order chi connectivity index (χ0) is 22.5. The van der Waals surface area contributed by atoms with Crippen LogP contribution in [0.5, 0.6) is 0 Å². The molecule has 0 radical (unpaired) electrons. The zero-order valence-electron chi connectivity index (χ0n) is 17.6. The van der Waals surface area contributed by atoms with Crippen LogP contribution in [-0.2, 0) is 4.79 Å². The fourth-order valence-electron chi connectivity index (χ4n) is 3.40. The molecular formula is C26H20N4OS2. The Morgan fingerprint density at radius 1 is 0.818 bits per heavy atom. The first-order valence-corrected chi connectivity index (χ1v) is 12.3. The number of aromatic amines is 1. The van der Waals surface area contributed by atoms with E-state index >= 15 is 0 Å². The summed E-state index contributed by atoms with van der Waals surface area (Å²) in [6, 6.07) is 30.1. The van der Waals surface area contributed by atoms with Crippen LogP contribution < -0.4 is 5.32 Å². The van der Waals surface area contributed by atoms with Gasteiger partial charge in [0, 0.05) is 22.1 Å². The van der Waals surface area contributed by atoms with Gasteiger partial charge in [-0.2, -0.15) is 0 Å². The van der Waals surface area contributed by atoms with Crippen molar-refractivity contribution in [2.75, 3.05) is 11.1 Å². The first-order valence-electron chi connectivity index (χ1n) is 10.4. The molecule has 5 nitrogen and oxygen atoms in total. The lowest BCUT2D eigenvalue weighted by molar-refractivity contribution is -0.113. The average molecular weight is 469 g/mol. The molecule has 1 amide bonds. The van der Waals surface area contributed by atoms with Gasteiger partial charge in [-0.15, -0.1) is 11.3 Å². The highest BCUT2D eigenvalue weighted by Gasteiger charge is 2.16. The third-order valence-corrected chi connectivity index (χ3v) is 6.58. The number of anilines is 1. The molecule has 0 aliphatic heterocycles. The molecule has 33 heavy (non-hydrogen) atoms. The van der Waals surface area contributed by atoms with Gasteiger partial charge >= 0.3 is 0 Å². The molecule has 162 valence electrons. The van der Waals surface area contributed by atoms with E-state index in [0.29, 0.717) is 10.3 Å². The van der Waals surface area contributed by atoms with Crippen LogP contribution in [-0.4, -0.2) is 26.6 Å². The summed E-state index contributed by atoms with van der Waals surface area (Å²) in [4.78, 5) is 25.3. The number of nitrogens with one attached hydrogen (secondary N) is 2. The van der Waals surface area contributed by atoms with E-state index in [-0.39, 0.29) is 11.7 Å². The average Bonchev–Trinajstić information content (AvgIpc) is 3.52. The van der Waals surface area contributed by atoms with E-state index in [1.807, 2.05) is 96.4 Å². The van der Waals surface area contributed by atoms with E-state index in [0.717, 1.165) is 33.8 Å². The molecule has 7 heteroatoms. The first kappa shape index (κ1) is 21.2. The third kappa shape index (κ3) is 5.05. The number of amides is 1. The molecule has 0 aliphatic carbocycles.